The molecule has 6 nitrogen and oxygen atoms in total. The smallest absolute Gasteiger partial charge is 0.306 e. The Morgan fingerprint density at radius 2 is 0.519 bits per heavy atom. The van der Waals surface area contributed by atoms with Gasteiger partial charge in [0.2, 0.25) is 0 Å². The number of hydrogen-bond acceptors (Lipinski definition) is 6. The predicted molar refractivity (Wildman–Crippen MR) is 344 cm³/mol. The van der Waals surface area contributed by atoms with E-state index in [2.05, 4.69) is 87.6 Å². The molecule has 1 atom stereocenters. The zero-order valence-electron chi connectivity index (χ0n) is 52.6. The van der Waals surface area contributed by atoms with Crippen molar-refractivity contribution in [3.8, 4) is 0 Å². The van der Waals surface area contributed by atoms with E-state index in [1.54, 1.807) is 0 Å². The van der Waals surface area contributed by atoms with E-state index in [4.69, 9.17) is 14.2 Å². The first-order valence-corrected chi connectivity index (χ1v) is 34.4. The summed E-state index contributed by atoms with van der Waals surface area (Å²) in [7, 11) is 0. The van der Waals surface area contributed by atoms with Crippen LogP contribution in [0.1, 0.15) is 355 Å². The molecule has 0 aliphatic carbocycles. The summed E-state index contributed by atoms with van der Waals surface area (Å²) in [5.41, 5.74) is 0. The summed E-state index contributed by atoms with van der Waals surface area (Å²) >= 11 is 0. The summed E-state index contributed by atoms with van der Waals surface area (Å²) in [4.78, 5) is 38.3. The highest BCUT2D eigenvalue weighted by atomic mass is 16.6. The van der Waals surface area contributed by atoms with Gasteiger partial charge in [-0.3, -0.25) is 14.4 Å². The molecule has 0 aromatic carbocycles. The molecule has 458 valence electrons. The number of unbranched alkanes of at least 4 members (excludes halogenated alkanes) is 40. The van der Waals surface area contributed by atoms with Crippen LogP contribution in [-0.4, -0.2) is 37.2 Å². The molecule has 0 bridgehead atoms. The Labute approximate surface area is 491 Å². The zero-order valence-corrected chi connectivity index (χ0v) is 52.6. The van der Waals surface area contributed by atoms with Crippen LogP contribution < -0.4 is 0 Å². The Kier molecular flexibility index (Phi) is 64.7. The summed E-state index contributed by atoms with van der Waals surface area (Å²) in [6.45, 7) is 6.51. The van der Waals surface area contributed by atoms with Crippen LogP contribution in [0.15, 0.2) is 72.9 Å². The number of carbonyl (C=O) groups excluding carboxylic acids is 3. The van der Waals surface area contributed by atoms with Crippen LogP contribution in [0.3, 0.4) is 0 Å². The Bertz CT molecular complexity index is 1450. The number of allylic oxidation sites excluding steroid dienone is 12. The molecule has 0 radical (unpaired) electrons. The Balaban J connectivity index is 4.27. The summed E-state index contributed by atoms with van der Waals surface area (Å²) in [5.74, 6) is -0.959. The molecular formula is C73H130O6. The molecule has 0 aromatic heterocycles. The lowest BCUT2D eigenvalue weighted by Gasteiger charge is -2.18. The minimum absolute atomic E-state index is 0.0936. The molecule has 1 unspecified atom stereocenters. The first kappa shape index (κ1) is 75.8. The monoisotopic (exact) mass is 1100 g/mol. The van der Waals surface area contributed by atoms with E-state index in [0.29, 0.717) is 19.3 Å². The van der Waals surface area contributed by atoms with Gasteiger partial charge in [0.25, 0.3) is 0 Å². The summed E-state index contributed by atoms with van der Waals surface area (Å²) in [6, 6.07) is 0. The highest BCUT2D eigenvalue weighted by molar-refractivity contribution is 5.71. The lowest BCUT2D eigenvalue weighted by molar-refractivity contribution is -0.166. The van der Waals surface area contributed by atoms with Crippen LogP contribution in [0.2, 0.25) is 0 Å². The standard InChI is InChI=1S/C73H130O6/c1-4-7-10-13-16-19-22-25-27-29-31-33-34-35-36-37-38-40-41-43-45-48-51-54-57-60-63-66-72(75)78-69-70(68-77-71(74)65-62-59-56-53-50-47-24-21-18-15-12-9-6-3)79-73(76)67-64-61-58-55-52-49-46-44-42-39-32-30-28-26-23-20-17-14-11-8-5-2/h9,12,18,21-22,25,29,31,47,50,56,59,70H,4-8,10-11,13-17,19-20,23-24,26-28,30,32-46,48-49,51-55,57-58,60-69H2,1-3H3/b12-9-,21-18-,25-22-,31-29-,50-47-,59-56-. The fourth-order valence-corrected chi connectivity index (χ4v) is 10.1. The quantitative estimate of drug-likeness (QED) is 0.0261. The molecule has 0 fully saturated rings. The molecule has 6 heteroatoms. The molecule has 0 rings (SSSR count). The van der Waals surface area contributed by atoms with Crippen molar-refractivity contribution in [3.05, 3.63) is 72.9 Å². The number of hydrogen-bond donors (Lipinski definition) is 0. The number of ether oxygens (including phenoxy) is 3. The van der Waals surface area contributed by atoms with Crippen LogP contribution in [0, 0.1) is 0 Å². The van der Waals surface area contributed by atoms with Gasteiger partial charge in [0.05, 0.1) is 0 Å². The largest absolute Gasteiger partial charge is 0.462 e. The van der Waals surface area contributed by atoms with E-state index in [0.717, 1.165) is 70.6 Å². The topological polar surface area (TPSA) is 78.9 Å². The predicted octanol–water partition coefficient (Wildman–Crippen LogP) is 23.7. The molecule has 0 saturated heterocycles. The first-order valence-electron chi connectivity index (χ1n) is 34.4. The molecule has 0 amide bonds. The van der Waals surface area contributed by atoms with Gasteiger partial charge in [-0.25, -0.2) is 0 Å². The van der Waals surface area contributed by atoms with E-state index in [1.165, 1.54) is 238 Å². The van der Waals surface area contributed by atoms with Gasteiger partial charge in [0.15, 0.2) is 6.10 Å². The van der Waals surface area contributed by atoms with Crippen LogP contribution >= 0.6 is 0 Å². The van der Waals surface area contributed by atoms with Crippen molar-refractivity contribution in [1.29, 1.82) is 0 Å². The van der Waals surface area contributed by atoms with Gasteiger partial charge in [-0.15, -0.1) is 0 Å². The summed E-state index contributed by atoms with van der Waals surface area (Å²) in [6.07, 6.45) is 88.1. The number of rotatable bonds is 63. The van der Waals surface area contributed by atoms with Gasteiger partial charge >= 0.3 is 17.9 Å². The van der Waals surface area contributed by atoms with Crippen molar-refractivity contribution in [2.75, 3.05) is 13.2 Å². The molecule has 0 saturated carbocycles. The van der Waals surface area contributed by atoms with E-state index in [9.17, 15) is 14.4 Å². The van der Waals surface area contributed by atoms with Crippen LogP contribution in [0.5, 0.6) is 0 Å². The average Bonchev–Trinajstić information content (AvgIpc) is 3.45. The van der Waals surface area contributed by atoms with Crippen LogP contribution in [-0.2, 0) is 28.6 Å². The van der Waals surface area contributed by atoms with Crippen molar-refractivity contribution < 1.29 is 28.6 Å². The van der Waals surface area contributed by atoms with E-state index in [-0.39, 0.29) is 37.5 Å². The van der Waals surface area contributed by atoms with Gasteiger partial charge in [0.1, 0.15) is 13.2 Å². The summed E-state index contributed by atoms with van der Waals surface area (Å²) in [5, 5.41) is 0. The highest BCUT2D eigenvalue weighted by Crippen LogP contribution is 2.18. The Hall–Kier alpha value is -3.15. The van der Waals surface area contributed by atoms with Crippen LogP contribution in [0.25, 0.3) is 0 Å². The third kappa shape index (κ3) is 65.5. The fraction of sp³-hybridized carbons (Fsp3) is 0.795. The molecule has 0 heterocycles. The van der Waals surface area contributed by atoms with E-state index in [1.807, 2.05) is 6.08 Å². The van der Waals surface area contributed by atoms with Gasteiger partial charge < -0.3 is 14.2 Å². The lowest BCUT2D eigenvalue weighted by atomic mass is 10.0. The molecule has 0 aliphatic rings. The Morgan fingerprint density at radius 1 is 0.266 bits per heavy atom. The third-order valence-electron chi connectivity index (χ3n) is 15.2. The third-order valence-corrected chi connectivity index (χ3v) is 15.2. The van der Waals surface area contributed by atoms with Gasteiger partial charge in [-0.1, -0.05) is 331 Å². The molecule has 0 N–H and O–H groups in total. The number of carbonyl (C=O) groups is 3. The maximum atomic E-state index is 12.9. The van der Waals surface area contributed by atoms with Crippen molar-refractivity contribution >= 4 is 17.9 Å². The molecule has 0 spiro atoms. The van der Waals surface area contributed by atoms with Crippen LogP contribution in [0.4, 0.5) is 0 Å². The summed E-state index contributed by atoms with van der Waals surface area (Å²) < 4.78 is 16.9. The maximum absolute atomic E-state index is 12.9. The lowest BCUT2D eigenvalue weighted by Crippen LogP contribution is -2.30. The molecular weight excluding hydrogens is 973 g/mol. The highest BCUT2D eigenvalue weighted by Gasteiger charge is 2.19. The SMILES string of the molecule is CC/C=C\C/C=C\C/C=C\C/C=C\CCC(=O)OCC(COC(=O)CCCCCCCCCCCCCCCCC/C=C\C/C=C\CCCCCCC)OC(=O)CCCCCCCCCCCCCCCCCCCCCCC. The second-order valence-corrected chi connectivity index (χ2v) is 23.1. The van der Waals surface area contributed by atoms with E-state index >= 15 is 0 Å². The van der Waals surface area contributed by atoms with Crippen molar-refractivity contribution in [2.24, 2.45) is 0 Å². The van der Waals surface area contributed by atoms with Gasteiger partial charge in [-0.2, -0.15) is 0 Å². The second kappa shape index (κ2) is 67.4. The van der Waals surface area contributed by atoms with Crippen molar-refractivity contribution in [3.63, 3.8) is 0 Å². The van der Waals surface area contributed by atoms with E-state index < -0.39 is 6.10 Å². The Morgan fingerprint density at radius 3 is 0.848 bits per heavy atom. The minimum Gasteiger partial charge on any atom is -0.462 e. The van der Waals surface area contributed by atoms with Gasteiger partial charge in [-0.05, 0) is 77.0 Å². The first-order chi connectivity index (χ1) is 39.0. The fourth-order valence-electron chi connectivity index (χ4n) is 10.1. The normalized spacial score (nSPS) is 12.5. The molecule has 0 aliphatic heterocycles. The molecule has 0 aromatic rings. The minimum atomic E-state index is -0.803. The second-order valence-electron chi connectivity index (χ2n) is 23.1. The van der Waals surface area contributed by atoms with Gasteiger partial charge in [0, 0.05) is 19.3 Å². The van der Waals surface area contributed by atoms with Crippen molar-refractivity contribution in [1.82, 2.24) is 0 Å². The number of esters is 3. The zero-order chi connectivity index (χ0) is 57.1. The maximum Gasteiger partial charge on any atom is 0.306 e. The average molecular weight is 1100 g/mol. The molecule has 79 heavy (non-hydrogen) atoms. The van der Waals surface area contributed by atoms with Crippen molar-refractivity contribution in [2.45, 2.75) is 361 Å².